The van der Waals surface area contributed by atoms with Crippen molar-refractivity contribution >= 4 is 22.6 Å². The Kier molecular flexibility index (Phi) is 3.04. The van der Waals surface area contributed by atoms with Crippen molar-refractivity contribution < 1.29 is 0 Å². The molecule has 0 saturated heterocycles. The van der Waals surface area contributed by atoms with Crippen molar-refractivity contribution in [1.82, 2.24) is 20.2 Å². The van der Waals surface area contributed by atoms with Crippen molar-refractivity contribution in [2.45, 2.75) is 24.3 Å². The number of rotatable bonds is 3. The second kappa shape index (κ2) is 3.85. The summed E-state index contributed by atoms with van der Waals surface area (Å²) in [6.07, 6.45) is 1.08. The van der Waals surface area contributed by atoms with Gasteiger partial charge >= 0.3 is 0 Å². The van der Waals surface area contributed by atoms with Crippen LogP contribution in [0.15, 0.2) is 0 Å². The molecule has 1 aromatic heterocycles. The zero-order valence-corrected chi connectivity index (χ0v) is 7.95. The predicted octanol–water partition coefficient (Wildman–Crippen LogP) is 1.02. The van der Waals surface area contributed by atoms with Gasteiger partial charge in [-0.3, -0.25) is 0 Å². The van der Waals surface area contributed by atoms with Crippen LogP contribution in [-0.2, 0) is 11.0 Å². The molecular formula is C5H9IN4. The van der Waals surface area contributed by atoms with E-state index in [0.29, 0.717) is 0 Å². The van der Waals surface area contributed by atoms with E-state index in [2.05, 4.69) is 45.0 Å². The summed E-state index contributed by atoms with van der Waals surface area (Å²) in [5.74, 6) is 0.961. The number of aryl methyl sites for hydroxylation is 1. The summed E-state index contributed by atoms with van der Waals surface area (Å²) in [5, 5.41) is 11.2. The summed E-state index contributed by atoms with van der Waals surface area (Å²) in [4.78, 5) is 0. The van der Waals surface area contributed by atoms with E-state index in [-0.39, 0.29) is 0 Å². The number of nitrogens with zero attached hydrogens (tertiary/aromatic N) is 4. The van der Waals surface area contributed by atoms with Crippen LogP contribution in [0.3, 0.4) is 0 Å². The van der Waals surface area contributed by atoms with Gasteiger partial charge in [0.05, 0.1) is 4.43 Å². The van der Waals surface area contributed by atoms with E-state index in [1.807, 2.05) is 4.68 Å². The highest BCUT2D eigenvalue weighted by Crippen LogP contribution is 1.99. The van der Waals surface area contributed by atoms with E-state index >= 15 is 0 Å². The average molecular weight is 252 g/mol. The van der Waals surface area contributed by atoms with Crippen LogP contribution in [0.5, 0.6) is 0 Å². The van der Waals surface area contributed by atoms with Crippen molar-refractivity contribution in [2.24, 2.45) is 0 Å². The molecule has 0 aliphatic heterocycles. The molecule has 4 nitrogen and oxygen atoms in total. The summed E-state index contributed by atoms with van der Waals surface area (Å²) >= 11 is 2.25. The normalized spacial score (nSPS) is 10.2. The first-order chi connectivity index (χ1) is 4.88. The van der Waals surface area contributed by atoms with Crippen LogP contribution in [0.4, 0.5) is 0 Å². The van der Waals surface area contributed by atoms with Gasteiger partial charge in [-0.05, 0) is 16.8 Å². The highest BCUT2D eigenvalue weighted by Gasteiger charge is 2.00. The molecule has 0 amide bonds. The van der Waals surface area contributed by atoms with Gasteiger partial charge in [-0.2, -0.15) is 0 Å². The lowest BCUT2D eigenvalue weighted by Crippen LogP contribution is -2.03. The number of hydrogen-bond acceptors (Lipinski definition) is 3. The van der Waals surface area contributed by atoms with Crippen LogP contribution in [0.1, 0.15) is 19.2 Å². The van der Waals surface area contributed by atoms with Gasteiger partial charge < -0.3 is 0 Å². The second-order valence-corrected chi connectivity index (χ2v) is 2.71. The van der Waals surface area contributed by atoms with Crippen LogP contribution < -0.4 is 0 Å². The van der Waals surface area contributed by atoms with Gasteiger partial charge in [0.15, 0.2) is 5.82 Å². The molecule has 10 heavy (non-hydrogen) atoms. The van der Waals surface area contributed by atoms with Crippen LogP contribution in [-0.4, -0.2) is 20.2 Å². The Bertz CT molecular complexity index is 197. The second-order valence-electron chi connectivity index (χ2n) is 1.95. The zero-order chi connectivity index (χ0) is 7.40. The Morgan fingerprint density at radius 1 is 1.60 bits per heavy atom. The molecule has 0 fully saturated rings. The Labute approximate surface area is 73.1 Å². The first-order valence-corrected chi connectivity index (χ1v) is 4.72. The van der Waals surface area contributed by atoms with Gasteiger partial charge in [-0.25, -0.2) is 4.68 Å². The molecule has 0 unspecified atom stereocenters. The summed E-state index contributed by atoms with van der Waals surface area (Å²) in [7, 11) is 0. The zero-order valence-electron chi connectivity index (χ0n) is 5.79. The Morgan fingerprint density at radius 3 is 3.00 bits per heavy atom. The van der Waals surface area contributed by atoms with Gasteiger partial charge in [-0.15, -0.1) is 5.10 Å². The minimum absolute atomic E-state index is 0.880. The fourth-order valence-corrected chi connectivity index (χ4v) is 1.25. The summed E-state index contributed by atoms with van der Waals surface area (Å²) < 4.78 is 2.72. The maximum absolute atomic E-state index is 3.85. The van der Waals surface area contributed by atoms with Crippen molar-refractivity contribution in [3.8, 4) is 0 Å². The molecular weight excluding hydrogens is 243 g/mol. The fraction of sp³-hybridized carbons (Fsp3) is 0.800. The molecule has 5 heteroatoms. The van der Waals surface area contributed by atoms with Gasteiger partial charge in [0.1, 0.15) is 0 Å². The number of halogens is 1. The average Bonchev–Trinajstić information content (AvgIpc) is 2.36. The van der Waals surface area contributed by atoms with E-state index in [9.17, 15) is 0 Å². The Balaban J connectivity index is 2.70. The lowest BCUT2D eigenvalue weighted by Gasteiger charge is -1.96. The molecule has 0 aliphatic carbocycles. The number of aromatic nitrogens is 4. The molecule has 1 aromatic rings. The first kappa shape index (κ1) is 7.90. The van der Waals surface area contributed by atoms with Crippen LogP contribution in [0, 0.1) is 0 Å². The number of tetrazole rings is 1. The van der Waals surface area contributed by atoms with Crippen LogP contribution in [0.25, 0.3) is 0 Å². The van der Waals surface area contributed by atoms with Crippen molar-refractivity contribution in [2.75, 3.05) is 0 Å². The molecule has 0 aliphatic rings. The highest BCUT2D eigenvalue weighted by molar-refractivity contribution is 14.1. The maximum atomic E-state index is 3.85. The summed E-state index contributed by atoms with van der Waals surface area (Å²) in [6.45, 7) is 3.03. The van der Waals surface area contributed by atoms with E-state index in [1.165, 1.54) is 0 Å². The topological polar surface area (TPSA) is 43.6 Å². The molecule has 0 bridgehead atoms. The van der Waals surface area contributed by atoms with Crippen molar-refractivity contribution in [3.05, 3.63) is 5.82 Å². The minimum atomic E-state index is 0.880. The SMILES string of the molecule is CCCn1nnnc1CI. The smallest absolute Gasteiger partial charge is 0.160 e. The first-order valence-electron chi connectivity index (χ1n) is 3.19. The third-order valence-electron chi connectivity index (χ3n) is 1.16. The third kappa shape index (κ3) is 1.65. The predicted molar refractivity (Wildman–Crippen MR) is 45.8 cm³/mol. The highest BCUT2D eigenvalue weighted by atomic mass is 127. The van der Waals surface area contributed by atoms with E-state index in [4.69, 9.17) is 0 Å². The molecule has 0 atom stereocenters. The summed E-state index contributed by atoms with van der Waals surface area (Å²) in [5.41, 5.74) is 0. The quantitative estimate of drug-likeness (QED) is 0.595. The molecule has 0 saturated carbocycles. The van der Waals surface area contributed by atoms with Gasteiger partial charge in [0.2, 0.25) is 0 Å². The minimum Gasteiger partial charge on any atom is -0.229 e. The molecule has 1 rings (SSSR count). The molecule has 0 N–H and O–H groups in total. The van der Waals surface area contributed by atoms with Crippen LogP contribution in [0.2, 0.25) is 0 Å². The fourth-order valence-electron chi connectivity index (χ4n) is 0.704. The molecule has 0 aromatic carbocycles. The molecule has 0 radical (unpaired) electrons. The summed E-state index contributed by atoms with van der Waals surface area (Å²) in [6, 6.07) is 0. The van der Waals surface area contributed by atoms with Gasteiger partial charge in [-0.1, -0.05) is 29.5 Å². The monoisotopic (exact) mass is 252 g/mol. The molecule has 56 valence electrons. The molecule has 0 spiro atoms. The van der Waals surface area contributed by atoms with Gasteiger partial charge in [0, 0.05) is 6.54 Å². The standard InChI is InChI=1S/C5H9IN4/c1-2-3-10-5(4-6)7-8-9-10/h2-4H2,1H3. The number of alkyl halides is 1. The molecule has 1 heterocycles. The third-order valence-corrected chi connectivity index (χ3v) is 1.84. The maximum Gasteiger partial charge on any atom is 0.160 e. The van der Waals surface area contributed by atoms with E-state index in [0.717, 1.165) is 23.2 Å². The lowest BCUT2D eigenvalue weighted by molar-refractivity contribution is 0.565. The lowest BCUT2D eigenvalue weighted by atomic mass is 10.5. The largest absolute Gasteiger partial charge is 0.229 e. The Morgan fingerprint density at radius 2 is 2.40 bits per heavy atom. The van der Waals surface area contributed by atoms with E-state index in [1.54, 1.807) is 0 Å². The van der Waals surface area contributed by atoms with Crippen LogP contribution >= 0.6 is 22.6 Å². The Hall–Kier alpha value is -0.200. The van der Waals surface area contributed by atoms with Crippen molar-refractivity contribution in [3.63, 3.8) is 0 Å². The van der Waals surface area contributed by atoms with Gasteiger partial charge in [0.25, 0.3) is 0 Å². The number of hydrogen-bond donors (Lipinski definition) is 0. The van der Waals surface area contributed by atoms with Crippen molar-refractivity contribution in [1.29, 1.82) is 0 Å². The van der Waals surface area contributed by atoms with E-state index < -0.39 is 0 Å².